The number of carbonyl (C=O) groups excluding carboxylic acids is 2. The molecule has 0 rings (SSSR count). The van der Waals surface area contributed by atoms with E-state index < -0.39 is 35.8 Å². The summed E-state index contributed by atoms with van der Waals surface area (Å²) < 4.78 is 0. The Morgan fingerprint density at radius 3 is 1.27 bits per heavy atom. The number of aliphatic carboxylic acids is 2. The smallest absolute Gasteiger partial charge is 0.327 e. The monoisotopic (exact) mass is 604 g/mol. The highest BCUT2D eigenvalue weighted by Crippen LogP contribution is 2.25. The molecule has 0 radical (unpaired) electrons. The number of hydrogen-bond acceptors (Lipinski definition) is 7. The van der Waals surface area contributed by atoms with Gasteiger partial charge in [-0.05, 0) is 12.8 Å². The van der Waals surface area contributed by atoms with Gasteiger partial charge in [-0.1, -0.05) is 138 Å². The largest absolute Gasteiger partial charge is 0.480 e. The van der Waals surface area contributed by atoms with E-state index in [0.717, 1.165) is 65.0 Å². The molecule has 1 unspecified atom stereocenters. The number of imide groups is 1. The van der Waals surface area contributed by atoms with Gasteiger partial charge in [-0.15, -0.1) is 0 Å². The first kappa shape index (κ1) is 38.7. The molecule has 40 heavy (non-hydrogen) atoms. The molecule has 0 aromatic carbocycles. The summed E-state index contributed by atoms with van der Waals surface area (Å²) in [6.07, 6.45) is 20.1. The zero-order chi connectivity index (χ0) is 30.0. The van der Waals surface area contributed by atoms with E-state index in [2.05, 4.69) is 13.8 Å². The third-order valence-electron chi connectivity index (χ3n) is 7.00. The van der Waals surface area contributed by atoms with Crippen molar-refractivity contribution in [1.29, 1.82) is 0 Å². The third-order valence-corrected chi connectivity index (χ3v) is 9.43. The van der Waals surface area contributed by atoms with Crippen LogP contribution in [0.4, 0.5) is 0 Å². The molecule has 0 heterocycles. The zero-order valence-corrected chi connectivity index (χ0v) is 26.7. The second kappa shape index (κ2) is 26.6. The second-order valence-electron chi connectivity index (χ2n) is 10.7. The number of carbonyl (C=O) groups is 4. The number of carboxylic acids is 2. The highest BCUT2D eigenvalue weighted by molar-refractivity contribution is 8.76. The lowest BCUT2D eigenvalue weighted by molar-refractivity contribution is -0.157. The van der Waals surface area contributed by atoms with Gasteiger partial charge in [-0.2, -0.15) is 0 Å². The van der Waals surface area contributed by atoms with E-state index in [1.807, 2.05) is 0 Å². The van der Waals surface area contributed by atoms with Gasteiger partial charge in [0.2, 0.25) is 11.8 Å². The summed E-state index contributed by atoms with van der Waals surface area (Å²) in [5, 5.41) is 18.9. The van der Waals surface area contributed by atoms with Crippen LogP contribution in [0.3, 0.4) is 0 Å². The van der Waals surface area contributed by atoms with Crippen LogP contribution < -0.4 is 5.73 Å². The molecule has 0 aliphatic carbocycles. The molecule has 4 N–H and O–H groups in total. The molecule has 234 valence electrons. The molecule has 0 fully saturated rings. The quantitative estimate of drug-likeness (QED) is 0.0614. The number of nitrogens with two attached hydrogens (primary N) is 1. The molecule has 0 saturated heterocycles. The number of unbranched alkanes of at least 4 members (excludes halogenated alkanes) is 16. The fraction of sp³-hybridized carbons (Fsp3) is 0.867. The van der Waals surface area contributed by atoms with Gasteiger partial charge >= 0.3 is 11.9 Å². The van der Waals surface area contributed by atoms with Crippen LogP contribution in [0.1, 0.15) is 142 Å². The molecular weight excluding hydrogens is 548 g/mol. The molecule has 2 atom stereocenters. The van der Waals surface area contributed by atoms with Crippen LogP contribution in [-0.4, -0.2) is 62.5 Å². The van der Waals surface area contributed by atoms with Crippen LogP contribution in [0.5, 0.6) is 0 Å². The summed E-state index contributed by atoms with van der Waals surface area (Å²) in [6.45, 7) is 4.39. The Balaban J connectivity index is 4.86. The molecule has 0 aromatic heterocycles. The normalized spacial score (nSPS) is 12.7. The van der Waals surface area contributed by atoms with Crippen molar-refractivity contribution in [2.24, 2.45) is 5.73 Å². The average Bonchev–Trinajstić information content (AvgIpc) is 2.92. The molecule has 0 aromatic rings. The number of rotatable bonds is 28. The second-order valence-corrected chi connectivity index (χ2v) is 13.2. The van der Waals surface area contributed by atoms with E-state index in [4.69, 9.17) is 10.8 Å². The van der Waals surface area contributed by atoms with Crippen LogP contribution in [0, 0.1) is 0 Å². The minimum atomic E-state index is -1.28. The fourth-order valence-electron chi connectivity index (χ4n) is 4.46. The van der Waals surface area contributed by atoms with E-state index in [0.29, 0.717) is 12.8 Å². The van der Waals surface area contributed by atoms with E-state index in [1.165, 1.54) is 64.2 Å². The van der Waals surface area contributed by atoms with Gasteiger partial charge in [-0.25, -0.2) is 4.79 Å². The maximum atomic E-state index is 13.2. The van der Waals surface area contributed by atoms with Gasteiger partial charge in [0, 0.05) is 24.3 Å². The molecule has 0 aliphatic heterocycles. The van der Waals surface area contributed by atoms with E-state index in [-0.39, 0.29) is 24.3 Å². The van der Waals surface area contributed by atoms with Gasteiger partial charge in [0.25, 0.3) is 0 Å². The molecule has 8 nitrogen and oxygen atoms in total. The van der Waals surface area contributed by atoms with Gasteiger partial charge in [0.05, 0.1) is 0 Å². The van der Waals surface area contributed by atoms with Crippen molar-refractivity contribution in [3.63, 3.8) is 0 Å². The predicted molar refractivity (Wildman–Crippen MR) is 167 cm³/mol. The molecule has 0 saturated carbocycles. The molecule has 0 aliphatic rings. The summed E-state index contributed by atoms with van der Waals surface area (Å²) in [7, 11) is 2.27. The minimum absolute atomic E-state index is 0.0145. The van der Waals surface area contributed by atoms with Crippen LogP contribution in [-0.2, 0) is 19.2 Å². The molecule has 0 bridgehead atoms. The summed E-state index contributed by atoms with van der Waals surface area (Å²) in [5.41, 5.74) is 5.52. The zero-order valence-electron chi connectivity index (χ0n) is 25.1. The highest BCUT2D eigenvalue weighted by Gasteiger charge is 2.34. The average molecular weight is 605 g/mol. The Morgan fingerprint density at radius 2 is 0.925 bits per heavy atom. The van der Waals surface area contributed by atoms with Crippen molar-refractivity contribution < 1.29 is 29.4 Å². The Bertz CT molecular complexity index is 661. The van der Waals surface area contributed by atoms with Crippen molar-refractivity contribution in [3.8, 4) is 0 Å². The molecular formula is C30H56N2O6S2. The van der Waals surface area contributed by atoms with Gasteiger partial charge in [-0.3, -0.25) is 19.3 Å². The van der Waals surface area contributed by atoms with Crippen molar-refractivity contribution in [2.75, 3.05) is 11.5 Å². The van der Waals surface area contributed by atoms with Gasteiger partial charge in [0.1, 0.15) is 12.1 Å². The fourth-order valence-corrected chi connectivity index (χ4v) is 6.77. The maximum Gasteiger partial charge on any atom is 0.327 e. The Hall–Kier alpha value is -1.26. The van der Waals surface area contributed by atoms with Crippen LogP contribution >= 0.6 is 21.6 Å². The first-order valence-corrected chi connectivity index (χ1v) is 18.0. The maximum absolute atomic E-state index is 13.2. The lowest BCUT2D eigenvalue weighted by Crippen LogP contribution is -2.50. The Kier molecular flexibility index (Phi) is 25.8. The molecule has 0 spiro atoms. The van der Waals surface area contributed by atoms with E-state index in [1.54, 1.807) is 0 Å². The van der Waals surface area contributed by atoms with Crippen molar-refractivity contribution >= 4 is 45.3 Å². The summed E-state index contributed by atoms with van der Waals surface area (Å²) in [5.74, 6) is -3.12. The van der Waals surface area contributed by atoms with Crippen molar-refractivity contribution in [3.05, 3.63) is 0 Å². The van der Waals surface area contributed by atoms with E-state index in [9.17, 15) is 24.3 Å². The number of carboxylic acid groups (broad SMARTS) is 2. The SMILES string of the molecule is CCCCCCCCCCCC(=O)N(C(=O)CCCCCCCCCCC)[C@@H](CSSCC(N)C(=O)O)C(=O)O. The van der Waals surface area contributed by atoms with Crippen molar-refractivity contribution in [1.82, 2.24) is 4.90 Å². The van der Waals surface area contributed by atoms with Gasteiger partial charge in [0.15, 0.2) is 0 Å². The first-order valence-electron chi connectivity index (χ1n) is 15.6. The summed E-state index contributed by atoms with van der Waals surface area (Å²) >= 11 is 0. The van der Waals surface area contributed by atoms with Crippen LogP contribution in [0.25, 0.3) is 0 Å². The van der Waals surface area contributed by atoms with Gasteiger partial charge < -0.3 is 15.9 Å². The van der Waals surface area contributed by atoms with Crippen LogP contribution in [0.2, 0.25) is 0 Å². The third kappa shape index (κ3) is 20.6. The minimum Gasteiger partial charge on any atom is -0.480 e. The lowest BCUT2D eigenvalue weighted by atomic mass is 10.0. The molecule has 10 heteroatoms. The first-order chi connectivity index (χ1) is 19.3. The van der Waals surface area contributed by atoms with E-state index >= 15 is 0 Å². The summed E-state index contributed by atoms with van der Waals surface area (Å²) in [6, 6.07) is -2.34. The highest BCUT2D eigenvalue weighted by atomic mass is 33.1. The van der Waals surface area contributed by atoms with Crippen LogP contribution in [0.15, 0.2) is 0 Å². The number of nitrogens with zero attached hydrogens (tertiary/aromatic N) is 1. The Labute approximate surface area is 250 Å². The lowest BCUT2D eigenvalue weighted by Gasteiger charge is -2.27. The standard InChI is InChI=1S/C30H56N2O6S2/c1-3-5-7-9-11-13-15-17-19-21-27(33)32(26(30(37)38)24-40-39-23-25(31)29(35)36)28(34)22-20-18-16-14-12-10-8-6-4-2/h25-26H,3-24,31H2,1-2H3,(H,35,36)(H,37,38)/t25?,26-/m0/s1. The predicted octanol–water partition coefficient (Wildman–Crippen LogP) is 7.43. The van der Waals surface area contributed by atoms with Crippen molar-refractivity contribution in [2.45, 2.75) is 154 Å². The topological polar surface area (TPSA) is 138 Å². The summed E-state index contributed by atoms with van der Waals surface area (Å²) in [4.78, 5) is 50.4. The number of amides is 2. The number of hydrogen-bond donors (Lipinski definition) is 3. The molecule has 2 amide bonds. The Morgan fingerprint density at radius 1 is 0.575 bits per heavy atom.